The third-order valence-corrected chi connectivity index (χ3v) is 5.88. The molecule has 0 bridgehead atoms. The first-order chi connectivity index (χ1) is 13.1. The zero-order valence-electron chi connectivity index (χ0n) is 16.1. The van der Waals surface area contributed by atoms with E-state index in [0.29, 0.717) is 12.1 Å². The van der Waals surface area contributed by atoms with E-state index in [-0.39, 0.29) is 5.56 Å². The quantitative estimate of drug-likeness (QED) is 0.699. The van der Waals surface area contributed by atoms with Crippen molar-refractivity contribution in [1.29, 1.82) is 0 Å². The Balaban J connectivity index is 1.54. The monoisotopic (exact) mass is 361 g/mol. The third kappa shape index (κ3) is 3.81. The zero-order valence-corrected chi connectivity index (χ0v) is 16.1. The van der Waals surface area contributed by atoms with Crippen LogP contribution >= 0.6 is 0 Å². The SMILES string of the molecule is C[C@@H]1CCC[C@H](C)N1CCc1ccc2cc(-n3ncccc3=O)ccc2c1. The van der Waals surface area contributed by atoms with E-state index in [4.69, 9.17) is 0 Å². The maximum absolute atomic E-state index is 12.0. The number of piperidine rings is 1. The number of benzene rings is 2. The topological polar surface area (TPSA) is 38.1 Å². The van der Waals surface area contributed by atoms with Crippen LogP contribution in [0, 0.1) is 0 Å². The largest absolute Gasteiger partial charge is 0.298 e. The van der Waals surface area contributed by atoms with Crippen molar-refractivity contribution in [2.45, 2.75) is 51.6 Å². The van der Waals surface area contributed by atoms with E-state index in [1.54, 1.807) is 12.3 Å². The molecule has 0 amide bonds. The summed E-state index contributed by atoms with van der Waals surface area (Å²) in [5, 5.41) is 6.51. The van der Waals surface area contributed by atoms with Crippen LogP contribution in [0.25, 0.3) is 16.5 Å². The third-order valence-electron chi connectivity index (χ3n) is 5.88. The summed E-state index contributed by atoms with van der Waals surface area (Å²) in [4.78, 5) is 14.7. The lowest BCUT2D eigenvalue weighted by Crippen LogP contribution is -2.44. The van der Waals surface area contributed by atoms with Crippen LogP contribution in [0.15, 0.2) is 59.5 Å². The molecule has 27 heavy (non-hydrogen) atoms. The second-order valence-electron chi connectivity index (χ2n) is 7.76. The molecule has 4 nitrogen and oxygen atoms in total. The van der Waals surface area contributed by atoms with E-state index >= 15 is 0 Å². The minimum Gasteiger partial charge on any atom is -0.298 e. The molecule has 4 heteroatoms. The van der Waals surface area contributed by atoms with Crippen molar-refractivity contribution in [1.82, 2.24) is 14.7 Å². The van der Waals surface area contributed by atoms with Crippen LogP contribution in [-0.2, 0) is 6.42 Å². The molecule has 140 valence electrons. The minimum atomic E-state index is -0.113. The Morgan fingerprint density at radius 1 is 1.00 bits per heavy atom. The van der Waals surface area contributed by atoms with Gasteiger partial charge in [0.15, 0.2) is 0 Å². The van der Waals surface area contributed by atoms with Gasteiger partial charge in [0, 0.05) is 30.9 Å². The molecule has 2 atom stereocenters. The summed E-state index contributed by atoms with van der Waals surface area (Å²) in [6, 6.07) is 17.3. The highest BCUT2D eigenvalue weighted by Gasteiger charge is 2.23. The van der Waals surface area contributed by atoms with Crippen molar-refractivity contribution in [2.24, 2.45) is 0 Å². The van der Waals surface area contributed by atoms with Crippen molar-refractivity contribution >= 4 is 10.8 Å². The molecule has 0 radical (unpaired) electrons. The van der Waals surface area contributed by atoms with Crippen LogP contribution in [0.3, 0.4) is 0 Å². The number of aromatic nitrogens is 2. The summed E-state index contributed by atoms with van der Waals surface area (Å²) < 4.78 is 1.44. The first-order valence-corrected chi connectivity index (χ1v) is 9.95. The zero-order chi connectivity index (χ0) is 18.8. The summed E-state index contributed by atoms with van der Waals surface area (Å²) in [5.41, 5.74) is 2.06. The lowest BCUT2D eigenvalue weighted by molar-refractivity contribution is 0.105. The van der Waals surface area contributed by atoms with Crippen LogP contribution in [0.5, 0.6) is 0 Å². The van der Waals surface area contributed by atoms with E-state index in [1.165, 1.54) is 41.0 Å². The van der Waals surface area contributed by atoms with E-state index in [1.807, 2.05) is 12.1 Å². The lowest BCUT2D eigenvalue weighted by atomic mass is 9.96. The van der Waals surface area contributed by atoms with Crippen LogP contribution in [0.2, 0.25) is 0 Å². The van der Waals surface area contributed by atoms with Crippen LogP contribution in [0.4, 0.5) is 0 Å². The Bertz CT molecular complexity index is 984. The molecule has 1 aliphatic heterocycles. The summed E-state index contributed by atoms with van der Waals surface area (Å²) in [6.07, 6.45) is 6.70. The normalized spacial score (nSPS) is 20.8. The first-order valence-electron chi connectivity index (χ1n) is 9.95. The maximum Gasteiger partial charge on any atom is 0.271 e. The highest BCUT2D eigenvalue weighted by molar-refractivity contribution is 5.85. The summed E-state index contributed by atoms with van der Waals surface area (Å²) in [6.45, 7) is 5.84. The second-order valence-corrected chi connectivity index (χ2v) is 7.76. The van der Waals surface area contributed by atoms with Crippen LogP contribution in [0.1, 0.15) is 38.7 Å². The molecule has 3 aromatic rings. The second kappa shape index (κ2) is 7.65. The van der Waals surface area contributed by atoms with Crippen molar-refractivity contribution in [3.05, 3.63) is 70.6 Å². The molecule has 0 spiro atoms. The van der Waals surface area contributed by atoms with Gasteiger partial charge < -0.3 is 0 Å². The van der Waals surface area contributed by atoms with Crippen molar-refractivity contribution in [3.8, 4) is 5.69 Å². The minimum absolute atomic E-state index is 0.113. The van der Waals surface area contributed by atoms with Crippen LogP contribution in [-0.4, -0.2) is 33.3 Å². The molecule has 2 aromatic carbocycles. The fourth-order valence-corrected chi connectivity index (χ4v) is 4.30. The molecule has 0 saturated carbocycles. The molecule has 0 unspecified atom stereocenters. The van der Waals surface area contributed by atoms with Crippen molar-refractivity contribution in [2.75, 3.05) is 6.54 Å². The number of nitrogens with zero attached hydrogens (tertiary/aromatic N) is 3. The van der Waals surface area contributed by atoms with Gasteiger partial charge >= 0.3 is 0 Å². The van der Waals surface area contributed by atoms with E-state index in [0.717, 1.165) is 24.0 Å². The molecule has 0 aliphatic carbocycles. The van der Waals surface area contributed by atoms with Crippen LogP contribution < -0.4 is 5.56 Å². The Morgan fingerprint density at radius 2 is 1.74 bits per heavy atom. The molecule has 1 aromatic heterocycles. The van der Waals surface area contributed by atoms with E-state index < -0.39 is 0 Å². The lowest BCUT2D eigenvalue weighted by Gasteiger charge is -2.39. The number of hydrogen-bond acceptors (Lipinski definition) is 3. The summed E-state index contributed by atoms with van der Waals surface area (Å²) >= 11 is 0. The number of hydrogen-bond donors (Lipinski definition) is 0. The molecule has 0 N–H and O–H groups in total. The van der Waals surface area contributed by atoms with Crippen molar-refractivity contribution < 1.29 is 0 Å². The van der Waals surface area contributed by atoms with Gasteiger partial charge in [-0.15, -0.1) is 0 Å². The molecular formula is C23H27N3O. The van der Waals surface area contributed by atoms with Gasteiger partial charge in [-0.3, -0.25) is 9.69 Å². The molecule has 4 rings (SSSR count). The Hall–Kier alpha value is -2.46. The van der Waals surface area contributed by atoms with Gasteiger partial charge in [-0.25, -0.2) is 0 Å². The molecule has 1 fully saturated rings. The highest BCUT2D eigenvalue weighted by Crippen LogP contribution is 2.24. The predicted octanol–water partition coefficient (Wildman–Crippen LogP) is 4.19. The Morgan fingerprint density at radius 3 is 2.52 bits per heavy atom. The maximum atomic E-state index is 12.0. The van der Waals surface area contributed by atoms with Gasteiger partial charge in [-0.1, -0.05) is 30.7 Å². The predicted molar refractivity (Wildman–Crippen MR) is 111 cm³/mol. The smallest absolute Gasteiger partial charge is 0.271 e. The fourth-order valence-electron chi connectivity index (χ4n) is 4.30. The van der Waals surface area contributed by atoms with E-state index in [2.05, 4.69) is 48.1 Å². The average Bonchev–Trinajstić information content (AvgIpc) is 2.67. The highest BCUT2D eigenvalue weighted by atomic mass is 16.1. The molecule has 1 aliphatic rings. The Kier molecular flexibility index (Phi) is 5.08. The number of fused-ring (bicyclic) bond motifs is 1. The van der Waals surface area contributed by atoms with Gasteiger partial charge in [-0.2, -0.15) is 9.78 Å². The number of rotatable bonds is 4. The summed E-state index contributed by atoms with van der Waals surface area (Å²) in [7, 11) is 0. The van der Waals surface area contributed by atoms with Gasteiger partial charge in [0.1, 0.15) is 0 Å². The van der Waals surface area contributed by atoms with Gasteiger partial charge in [0.05, 0.1) is 5.69 Å². The van der Waals surface area contributed by atoms with Gasteiger partial charge in [0.25, 0.3) is 5.56 Å². The van der Waals surface area contributed by atoms with Crippen molar-refractivity contribution in [3.63, 3.8) is 0 Å². The number of likely N-dealkylation sites (tertiary alicyclic amines) is 1. The Labute approximate surface area is 160 Å². The molecule has 1 saturated heterocycles. The van der Waals surface area contributed by atoms with E-state index in [9.17, 15) is 4.79 Å². The molecular weight excluding hydrogens is 334 g/mol. The van der Waals surface area contributed by atoms with Gasteiger partial charge in [-0.05, 0) is 67.6 Å². The molecule has 2 heterocycles. The van der Waals surface area contributed by atoms with Gasteiger partial charge in [0.2, 0.25) is 0 Å². The first kappa shape index (κ1) is 17.9. The average molecular weight is 361 g/mol. The standard InChI is InChI=1S/C23H27N3O/c1-17-5-3-6-18(2)25(17)14-12-19-8-9-21-16-22(11-10-20(21)15-19)26-23(27)7-4-13-24-26/h4,7-11,13,15-18H,3,5-6,12,14H2,1-2H3/t17-,18+. The summed E-state index contributed by atoms with van der Waals surface area (Å²) in [5.74, 6) is 0. The fraction of sp³-hybridized carbons (Fsp3) is 0.391.